The van der Waals surface area contributed by atoms with Gasteiger partial charge in [-0.3, -0.25) is 0 Å². The Morgan fingerprint density at radius 2 is 0.870 bits per heavy atom. The molecule has 0 spiro atoms. The van der Waals surface area contributed by atoms with Crippen molar-refractivity contribution in [3.05, 3.63) is 176 Å². The molecular formula is C49H29N5. The number of benzene rings is 8. The Balaban J connectivity index is 1.09. The van der Waals surface area contributed by atoms with E-state index in [4.69, 9.17) is 24.9 Å². The van der Waals surface area contributed by atoms with Gasteiger partial charge in [-0.2, -0.15) is 0 Å². The first-order chi connectivity index (χ1) is 26.7. The van der Waals surface area contributed by atoms with Crippen molar-refractivity contribution >= 4 is 64.9 Å². The Morgan fingerprint density at radius 3 is 1.63 bits per heavy atom. The highest BCUT2D eigenvalue weighted by Gasteiger charge is 2.18. The minimum atomic E-state index is 0.547. The van der Waals surface area contributed by atoms with E-state index >= 15 is 0 Å². The Hall–Kier alpha value is -7.37. The van der Waals surface area contributed by atoms with E-state index in [1.807, 2.05) is 24.4 Å². The topological polar surface area (TPSA) is 64.5 Å². The second-order valence-electron chi connectivity index (χ2n) is 13.7. The summed E-state index contributed by atoms with van der Waals surface area (Å²) in [5.41, 5.74) is 7.22. The highest BCUT2D eigenvalue weighted by Crippen LogP contribution is 2.37. The van der Waals surface area contributed by atoms with Crippen LogP contribution >= 0.6 is 0 Å². The normalized spacial score (nSPS) is 11.7. The largest absolute Gasteiger partial charge is 0.241 e. The molecule has 11 rings (SSSR count). The lowest BCUT2D eigenvalue weighted by atomic mass is 9.95. The van der Waals surface area contributed by atoms with Gasteiger partial charge >= 0.3 is 0 Å². The molecule has 250 valence electrons. The molecule has 0 saturated carbocycles. The van der Waals surface area contributed by atoms with Crippen molar-refractivity contribution < 1.29 is 0 Å². The van der Waals surface area contributed by atoms with Crippen molar-refractivity contribution in [2.75, 3.05) is 0 Å². The van der Waals surface area contributed by atoms with E-state index in [1.165, 1.54) is 16.2 Å². The third kappa shape index (κ3) is 4.98. The predicted molar refractivity (Wildman–Crippen MR) is 222 cm³/mol. The van der Waals surface area contributed by atoms with Crippen LogP contribution in [0.3, 0.4) is 0 Å². The van der Waals surface area contributed by atoms with Crippen LogP contribution in [0.5, 0.6) is 0 Å². The van der Waals surface area contributed by atoms with Crippen molar-refractivity contribution in [1.82, 2.24) is 24.9 Å². The fraction of sp³-hybridized carbons (Fsp3) is 0. The fourth-order valence-corrected chi connectivity index (χ4v) is 7.79. The molecular weight excluding hydrogens is 659 g/mol. The van der Waals surface area contributed by atoms with Gasteiger partial charge in [-0.15, -0.1) is 0 Å². The summed E-state index contributed by atoms with van der Waals surface area (Å²) in [4.78, 5) is 25.7. The van der Waals surface area contributed by atoms with Crippen LogP contribution < -0.4 is 0 Å². The first-order valence-corrected chi connectivity index (χ1v) is 18.1. The molecule has 0 saturated heterocycles. The van der Waals surface area contributed by atoms with E-state index in [2.05, 4.69) is 152 Å². The van der Waals surface area contributed by atoms with E-state index in [9.17, 15) is 0 Å². The highest BCUT2D eigenvalue weighted by atomic mass is 15.0. The molecule has 0 atom stereocenters. The molecule has 54 heavy (non-hydrogen) atoms. The van der Waals surface area contributed by atoms with Gasteiger partial charge in [0.15, 0.2) is 11.6 Å². The van der Waals surface area contributed by atoms with Crippen LogP contribution in [0.25, 0.3) is 110 Å². The number of nitrogens with zero attached hydrogens (tertiary/aromatic N) is 5. The van der Waals surface area contributed by atoms with Crippen molar-refractivity contribution in [3.63, 3.8) is 0 Å². The van der Waals surface area contributed by atoms with Gasteiger partial charge in [-0.1, -0.05) is 133 Å². The fourth-order valence-electron chi connectivity index (χ4n) is 7.79. The van der Waals surface area contributed by atoms with Crippen LogP contribution in [-0.4, -0.2) is 24.9 Å². The van der Waals surface area contributed by atoms with Crippen LogP contribution in [0.15, 0.2) is 176 Å². The van der Waals surface area contributed by atoms with Crippen LogP contribution in [0.2, 0.25) is 0 Å². The van der Waals surface area contributed by atoms with Gasteiger partial charge in [0.25, 0.3) is 0 Å². The summed E-state index contributed by atoms with van der Waals surface area (Å²) in [6, 6.07) is 59.2. The van der Waals surface area contributed by atoms with Gasteiger partial charge in [0.2, 0.25) is 0 Å². The first kappa shape index (κ1) is 30.3. The standard InChI is InChI=1S/C49H29N5/c1-3-13-33-26-36(22-20-30(33)10-1)41-28-35-15-6-8-17-39(35)47-42(41)29-50-48(53-47)43-18-9-19-44(51-43)49-52-45(37-23-21-31-11-2-4-14-34(31)27-37)40-25-24-32-12-5-7-16-38(32)46(40)54-49/h1-29H. The van der Waals surface area contributed by atoms with Crippen molar-refractivity contribution in [2.45, 2.75) is 0 Å². The molecule has 11 aromatic rings. The number of hydrogen-bond acceptors (Lipinski definition) is 5. The minimum absolute atomic E-state index is 0.547. The Morgan fingerprint density at radius 1 is 0.315 bits per heavy atom. The summed E-state index contributed by atoms with van der Waals surface area (Å²) in [5.74, 6) is 1.10. The Labute approximate surface area is 310 Å². The quantitative estimate of drug-likeness (QED) is 0.172. The van der Waals surface area contributed by atoms with Gasteiger partial charge in [0.1, 0.15) is 11.4 Å². The lowest BCUT2D eigenvalue weighted by Crippen LogP contribution is -1.99. The summed E-state index contributed by atoms with van der Waals surface area (Å²) < 4.78 is 0. The van der Waals surface area contributed by atoms with Gasteiger partial charge < -0.3 is 0 Å². The molecule has 0 fully saturated rings. The number of fused-ring (bicyclic) bond motifs is 8. The van der Waals surface area contributed by atoms with E-state index in [1.54, 1.807) is 0 Å². The van der Waals surface area contributed by atoms with E-state index < -0.39 is 0 Å². The molecule has 0 aliphatic rings. The second kappa shape index (κ2) is 12.1. The molecule has 5 nitrogen and oxygen atoms in total. The zero-order chi connectivity index (χ0) is 35.6. The molecule has 8 aromatic carbocycles. The summed E-state index contributed by atoms with van der Waals surface area (Å²) in [7, 11) is 0. The predicted octanol–water partition coefficient (Wildman–Crippen LogP) is 12.2. The molecule has 3 aromatic heterocycles. The SMILES string of the molecule is c1cc(-c2ncc3c(-c4ccc5ccccc5c4)cc4ccccc4c3n2)nc(-c2nc(-c3ccc4ccccc4c3)c3ccc4ccccc4c3n2)c1. The highest BCUT2D eigenvalue weighted by molar-refractivity contribution is 6.13. The van der Waals surface area contributed by atoms with Gasteiger partial charge in [-0.25, -0.2) is 24.9 Å². The number of hydrogen-bond donors (Lipinski definition) is 0. The summed E-state index contributed by atoms with van der Waals surface area (Å²) >= 11 is 0. The average Bonchev–Trinajstić information content (AvgIpc) is 3.25. The molecule has 3 heterocycles. The van der Waals surface area contributed by atoms with Crippen LogP contribution in [0.4, 0.5) is 0 Å². The summed E-state index contributed by atoms with van der Waals surface area (Å²) in [6.45, 7) is 0. The van der Waals surface area contributed by atoms with E-state index in [-0.39, 0.29) is 0 Å². The zero-order valence-electron chi connectivity index (χ0n) is 29.0. The van der Waals surface area contributed by atoms with E-state index in [0.29, 0.717) is 23.0 Å². The summed E-state index contributed by atoms with van der Waals surface area (Å²) in [6.07, 6.45) is 1.94. The maximum absolute atomic E-state index is 5.23. The smallest absolute Gasteiger partial charge is 0.179 e. The van der Waals surface area contributed by atoms with Crippen LogP contribution in [0, 0.1) is 0 Å². The Bertz CT molecular complexity index is 3300. The van der Waals surface area contributed by atoms with Crippen molar-refractivity contribution in [1.29, 1.82) is 0 Å². The third-order valence-electron chi connectivity index (χ3n) is 10.5. The van der Waals surface area contributed by atoms with Gasteiger partial charge in [0, 0.05) is 33.3 Å². The molecule has 0 N–H and O–H groups in total. The van der Waals surface area contributed by atoms with Crippen LogP contribution in [0.1, 0.15) is 0 Å². The number of pyridine rings is 1. The molecule has 0 radical (unpaired) electrons. The number of rotatable bonds is 4. The van der Waals surface area contributed by atoms with Gasteiger partial charge in [0.05, 0.1) is 16.7 Å². The molecule has 5 heteroatoms. The maximum Gasteiger partial charge on any atom is 0.179 e. The first-order valence-electron chi connectivity index (χ1n) is 18.1. The van der Waals surface area contributed by atoms with Crippen molar-refractivity contribution in [2.24, 2.45) is 0 Å². The molecule has 0 aliphatic carbocycles. The Kier molecular flexibility index (Phi) is 6.79. The van der Waals surface area contributed by atoms with E-state index in [0.717, 1.165) is 71.1 Å². The van der Waals surface area contributed by atoms with Gasteiger partial charge in [-0.05, 0) is 79.8 Å². The second-order valence-corrected chi connectivity index (χ2v) is 13.7. The zero-order valence-corrected chi connectivity index (χ0v) is 29.0. The number of aromatic nitrogens is 5. The van der Waals surface area contributed by atoms with Crippen molar-refractivity contribution in [3.8, 4) is 45.4 Å². The lowest BCUT2D eigenvalue weighted by Gasteiger charge is -2.13. The summed E-state index contributed by atoms with van der Waals surface area (Å²) in [5, 5.41) is 11.1. The lowest BCUT2D eigenvalue weighted by molar-refractivity contribution is 1.15. The molecule has 0 aliphatic heterocycles. The van der Waals surface area contributed by atoms with Crippen LogP contribution in [-0.2, 0) is 0 Å². The maximum atomic E-state index is 5.23. The molecule has 0 unspecified atom stereocenters. The molecule has 0 bridgehead atoms. The average molecular weight is 688 g/mol. The minimum Gasteiger partial charge on any atom is -0.241 e. The third-order valence-corrected chi connectivity index (χ3v) is 10.5. The monoisotopic (exact) mass is 687 g/mol. The molecule has 0 amide bonds.